The van der Waals surface area contributed by atoms with Crippen LogP contribution in [0.4, 0.5) is 5.69 Å². The summed E-state index contributed by atoms with van der Waals surface area (Å²) in [6.45, 7) is 2.41. The van der Waals surface area contributed by atoms with Crippen LogP contribution in [-0.4, -0.2) is 36.8 Å². The lowest BCUT2D eigenvalue weighted by atomic mass is 9.89. The lowest BCUT2D eigenvalue weighted by molar-refractivity contribution is -0.133. The van der Waals surface area contributed by atoms with Crippen LogP contribution in [0.15, 0.2) is 65.1 Å². The Balaban J connectivity index is 1.53. The summed E-state index contributed by atoms with van der Waals surface area (Å²) in [5, 5.41) is 11.0. The summed E-state index contributed by atoms with van der Waals surface area (Å²) in [5.41, 5.74) is 3.40. The van der Waals surface area contributed by atoms with Gasteiger partial charge in [-0.3, -0.25) is 9.59 Å². The third kappa shape index (κ3) is 5.12. The van der Waals surface area contributed by atoms with E-state index in [1.807, 2.05) is 53.9 Å². The highest BCUT2D eigenvalue weighted by atomic mass is 32.1. The standard InChI is InChI=1S/C26H27N3O4S/c1-4-18-15-24(30)29(28-25(18)19-9-12-21(32-2)22(14-19)33-3)16-17-7-10-20(11-8-17)27-26(31)23-6-5-13-34-23/h5-14,18H,4,15-16H2,1-3H3,(H,27,31). The Hall–Kier alpha value is -3.65. The molecule has 176 valence electrons. The fraction of sp³-hybridized carbons (Fsp3) is 0.269. The summed E-state index contributed by atoms with van der Waals surface area (Å²) >= 11 is 1.40. The number of carbonyl (C=O) groups is 2. The zero-order valence-corrected chi connectivity index (χ0v) is 20.2. The van der Waals surface area contributed by atoms with Gasteiger partial charge in [0, 0.05) is 23.6 Å². The number of methoxy groups -OCH3 is 2. The van der Waals surface area contributed by atoms with Crippen molar-refractivity contribution in [2.24, 2.45) is 11.0 Å². The molecule has 4 rings (SSSR count). The number of nitrogens with one attached hydrogen (secondary N) is 1. The topological polar surface area (TPSA) is 80.2 Å². The summed E-state index contributed by atoms with van der Waals surface area (Å²) in [6.07, 6.45) is 1.21. The molecule has 0 radical (unpaired) electrons. The average molecular weight is 478 g/mol. The van der Waals surface area contributed by atoms with Crippen molar-refractivity contribution < 1.29 is 19.1 Å². The van der Waals surface area contributed by atoms with E-state index in [-0.39, 0.29) is 17.7 Å². The van der Waals surface area contributed by atoms with Gasteiger partial charge in [-0.2, -0.15) is 5.10 Å². The van der Waals surface area contributed by atoms with Gasteiger partial charge in [0.2, 0.25) is 5.91 Å². The minimum atomic E-state index is -0.135. The Bertz CT molecular complexity index is 1190. The highest BCUT2D eigenvalue weighted by Crippen LogP contribution is 2.31. The molecule has 1 aliphatic heterocycles. The Morgan fingerprint density at radius 1 is 1.12 bits per heavy atom. The highest BCUT2D eigenvalue weighted by molar-refractivity contribution is 7.12. The van der Waals surface area contributed by atoms with Crippen molar-refractivity contribution in [3.63, 3.8) is 0 Å². The number of benzene rings is 2. The molecule has 0 spiro atoms. The van der Waals surface area contributed by atoms with Gasteiger partial charge >= 0.3 is 0 Å². The quantitative estimate of drug-likeness (QED) is 0.485. The summed E-state index contributed by atoms with van der Waals surface area (Å²) in [6, 6.07) is 16.8. The van der Waals surface area contributed by atoms with Crippen LogP contribution in [0, 0.1) is 5.92 Å². The number of nitrogens with zero attached hydrogens (tertiary/aromatic N) is 2. The van der Waals surface area contributed by atoms with Crippen LogP contribution in [0.1, 0.15) is 40.6 Å². The Morgan fingerprint density at radius 3 is 2.53 bits per heavy atom. The third-order valence-electron chi connectivity index (χ3n) is 5.79. The van der Waals surface area contributed by atoms with Crippen LogP contribution >= 0.6 is 11.3 Å². The van der Waals surface area contributed by atoms with Crippen LogP contribution < -0.4 is 14.8 Å². The van der Waals surface area contributed by atoms with Crippen LogP contribution in [0.3, 0.4) is 0 Å². The fourth-order valence-electron chi connectivity index (χ4n) is 3.90. The SMILES string of the molecule is CCC1CC(=O)N(Cc2ccc(NC(=O)c3cccs3)cc2)N=C1c1ccc(OC)c(OC)c1. The van der Waals surface area contributed by atoms with E-state index in [1.165, 1.54) is 16.3 Å². The monoisotopic (exact) mass is 477 g/mol. The number of rotatable bonds is 8. The number of hydrogen-bond donors (Lipinski definition) is 1. The number of carbonyl (C=O) groups excluding carboxylic acids is 2. The lowest BCUT2D eigenvalue weighted by Gasteiger charge is -2.29. The minimum absolute atomic E-state index is 0.00819. The van der Waals surface area contributed by atoms with Crippen molar-refractivity contribution in [2.45, 2.75) is 26.3 Å². The van der Waals surface area contributed by atoms with Gasteiger partial charge in [0.15, 0.2) is 11.5 Å². The van der Waals surface area contributed by atoms with Gasteiger partial charge < -0.3 is 14.8 Å². The van der Waals surface area contributed by atoms with Crippen molar-refractivity contribution in [1.29, 1.82) is 0 Å². The molecule has 0 bridgehead atoms. The van der Waals surface area contributed by atoms with Crippen molar-refractivity contribution in [3.8, 4) is 11.5 Å². The van der Waals surface area contributed by atoms with Gasteiger partial charge in [0.25, 0.3) is 5.91 Å². The van der Waals surface area contributed by atoms with Crippen molar-refractivity contribution in [3.05, 3.63) is 76.0 Å². The average Bonchev–Trinajstić information content (AvgIpc) is 3.41. The van der Waals surface area contributed by atoms with Gasteiger partial charge in [-0.05, 0) is 53.8 Å². The molecule has 1 aromatic heterocycles. The molecule has 0 saturated carbocycles. The summed E-state index contributed by atoms with van der Waals surface area (Å²) < 4.78 is 10.8. The van der Waals surface area contributed by atoms with Gasteiger partial charge in [0.05, 0.1) is 31.4 Å². The number of hydrazone groups is 1. The van der Waals surface area contributed by atoms with E-state index < -0.39 is 0 Å². The first-order chi connectivity index (χ1) is 16.5. The Morgan fingerprint density at radius 2 is 1.88 bits per heavy atom. The summed E-state index contributed by atoms with van der Waals surface area (Å²) in [7, 11) is 3.20. The number of thiophene rings is 1. The van der Waals surface area contributed by atoms with Crippen LogP contribution in [-0.2, 0) is 11.3 Å². The number of anilines is 1. The molecule has 0 saturated heterocycles. The maximum atomic E-state index is 12.8. The lowest BCUT2D eigenvalue weighted by Crippen LogP contribution is -2.36. The van der Waals surface area contributed by atoms with Crippen molar-refractivity contribution in [2.75, 3.05) is 19.5 Å². The smallest absolute Gasteiger partial charge is 0.265 e. The second-order valence-corrected chi connectivity index (χ2v) is 8.89. The predicted octanol–water partition coefficient (Wildman–Crippen LogP) is 5.18. The maximum Gasteiger partial charge on any atom is 0.265 e. The van der Waals surface area contributed by atoms with Crippen LogP contribution in [0.2, 0.25) is 0 Å². The second kappa shape index (κ2) is 10.5. The zero-order valence-electron chi connectivity index (χ0n) is 19.4. The van der Waals surface area contributed by atoms with E-state index in [4.69, 9.17) is 14.6 Å². The highest BCUT2D eigenvalue weighted by Gasteiger charge is 2.29. The molecule has 7 nitrogen and oxygen atoms in total. The summed E-state index contributed by atoms with van der Waals surface area (Å²) in [5.74, 6) is 1.17. The van der Waals surface area contributed by atoms with E-state index in [0.29, 0.717) is 35.0 Å². The molecule has 0 aliphatic carbocycles. The molecule has 8 heteroatoms. The predicted molar refractivity (Wildman–Crippen MR) is 134 cm³/mol. The molecule has 2 aromatic carbocycles. The first-order valence-corrected chi connectivity index (χ1v) is 12.0. The largest absolute Gasteiger partial charge is 0.493 e. The molecule has 1 aliphatic rings. The Labute approximate surface area is 203 Å². The van der Waals surface area contributed by atoms with E-state index in [9.17, 15) is 9.59 Å². The first kappa shape index (κ1) is 23.5. The van der Waals surface area contributed by atoms with E-state index in [2.05, 4.69) is 12.2 Å². The fourth-order valence-corrected chi connectivity index (χ4v) is 4.52. The minimum Gasteiger partial charge on any atom is -0.493 e. The molecule has 2 amide bonds. The van der Waals surface area contributed by atoms with Crippen molar-refractivity contribution >= 4 is 34.6 Å². The van der Waals surface area contributed by atoms with E-state index in [1.54, 1.807) is 20.3 Å². The van der Waals surface area contributed by atoms with Crippen molar-refractivity contribution in [1.82, 2.24) is 5.01 Å². The normalized spacial score (nSPS) is 15.6. The molecule has 1 atom stereocenters. The Kier molecular flexibility index (Phi) is 7.27. The number of ether oxygens (including phenoxy) is 2. The van der Waals surface area contributed by atoms with Gasteiger partial charge in [-0.25, -0.2) is 5.01 Å². The third-order valence-corrected chi connectivity index (χ3v) is 6.65. The van der Waals surface area contributed by atoms with Gasteiger partial charge in [-0.15, -0.1) is 11.3 Å². The van der Waals surface area contributed by atoms with Gasteiger partial charge in [0.1, 0.15) is 0 Å². The van der Waals surface area contributed by atoms with E-state index >= 15 is 0 Å². The molecule has 2 heterocycles. The molecule has 3 aromatic rings. The first-order valence-electron chi connectivity index (χ1n) is 11.1. The number of amides is 2. The molecule has 1 N–H and O–H groups in total. The molecule has 34 heavy (non-hydrogen) atoms. The second-order valence-electron chi connectivity index (χ2n) is 7.94. The van der Waals surface area contributed by atoms with Crippen LogP contribution in [0.5, 0.6) is 11.5 Å². The molecular formula is C26H27N3O4S. The molecule has 0 fully saturated rings. The molecular weight excluding hydrogens is 450 g/mol. The zero-order chi connectivity index (χ0) is 24.1. The number of hydrogen-bond acceptors (Lipinski definition) is 6. The summed E-state index contributed by atoms with van der Waals surface area (Å²) in [4.78, 5) is 25.7. The van der Waals surface area contributed by atoms with Crippen LogP contribution in [0.25, 0.3) is 0 Å². The van der Waals surface area contributed by atoms with E-state index in [0.717, 1.165) is 23.3 Å². The van der Waals surface area contributed by atoms with Gasteiger partial charge in [-0.1, -0.05) is 25.1 Å². The molecule has 1 unspecified atom stereocenters. The maximum absolute atomic E-state index is 12.8.